The minimum atomic E-state index is -0.225. The van der Waals surface area contributed by atoms with Gasteiger partial charge in [0.05, 0.1) is 12.2 Å². The Bertz CT molecular complexity index is 437. The largest absolute Gasteiger partial charge is 0.395 e. The van der Waals surface area contributed by atoms with Crippen molar-refractivity contribution >= 4 is 29.1 Å². The average Bonchev–Trinajstić information content (AvgIpc) is 2.38. The topological polar surface area (TPSA) is 53.4 Å². The van der Waals surface area contributed by atoms with Crippen LogP contribution in [0.1, 0.15) is 37.0 Å². The van der Waals surface area contributed by atoms with Crippen LogP contribution in [-0.4, -0.2) is 40.1 Å². The maximum absolute atomic E-state index is 12.5. The van der Waals surface area contributed by atoms with E-state index in [0.717, 1.165) is 12.8 Å². The fraction of sp³-hybridized carbons (Fsp3) is 0.538. The maximum atomic E-state index is 12.5. The number of aliphatic hydroxyl groups excluding tert-OH is 1. The zero-order valence-corrected chi connectivity index (χ0v) is 12.6. The number of halogens is 2. The predicted molar refractivity (Wildman–Crippen MR) is 76.7 cm³/mol. The van der Waals surface area contributed by atoms with E-state index in [-0.39, 0.29) is 35.4 Å². The fourth-order valence-electron chi connectivity index (χ4n) is 2.01. The molecule has 1 N–H and O–H groups in total. The van der Waals surface area contributed by atoms with E-state index in [2.05, 4.69) is 4.98 Å². The Balaban J connectivity index is 3.04. The molecule has 0 aliphatic carbocycles. The number of pyridine rings is 1. The molecule has 0 saturated carbocycles. The number of carbonyl (C=O) groups is 1. The van der Waals surface area contributed by atoms with Crippen LogP contribution in [0.5, 0.6) is 0 Å². The first-order valence-corrected chi connectivity index (χ1v) is 7.04. The summed E-state index contributed by atoms with van der Waals surface area (Å²) < 4.78 is 0. The van der Waals surface area contributed by atoms with Gasteiger partial charge in [0, 0.05) is 12.6 Å². The van der Waals surface area contributed by atoms with Gasteiger partial charge in [0.1, 0.15) is 10.3 Å². The maximum Gasteiger partial charge on any atom is 0.257 e. The molecule has 1 heterocycles. The van der Waals surface area contributed by atoms with Crippen LogP contribution in [0.3, 0.4) is 0 Å². The molecule has 4 nitrogen and oxygen atoms in total. The van der Waals surface area contributed by atoms with E-state index < -0.39 is 0 Å². The molecule has 1 amide bonds. The first-order chi connectivity index (χ1) is 9.04. The average molecular weight is 305 g/mol. The number of aromatic nitrogens is 1. The van der Waals surface area contributed by atoms with Crippen molar-refractivity contribution in [3.8, 4) is 0 Å². The van der Waals surface area contributed by atoms with Crippen molar-refractivity contribution < 1.29 is 9.90 Å². The summed E-state index contributed by atoms with van der Waals surface area (Å²) in [5.74, 6) is -0.225. The summed E-state index contributed by atoms with van der Waals surface area (Å²) in [6, 6.07) is 3.17. The predicted octanol–water partition coefficient (Wildman–Crippen LogP) is 3.01. The van der Waals surface area contributed by atoms with Gasteiger partial charge in [0.2, 0.25) is 0 Å². The molecular weight excluding hydrogens is 287 g/mol. The molecule has 1 aromatic heterocycles. The van der Waals surface area contributed by atoms with Gasteiger partial charge in [0.25, 0.3) is 5.91 Å². The van der Waals surface area contributed by atoms with Crippen LogP contribution in [0.25, 0.3) is 0 Å². The Hall–Kier alpha value is -0.840. The minimum absolute atomic E-state index is 0.0754. The lowest BCUT2D eigenvalue weighted by atomic mass is 10.1. The van der Waals surface area contributed by atoms with Crippen LogP contribution in [0.15, 0.2) is 12.1 Å². The second-order valence-electron chi connectivity index (χ2n) is 4.16. The second kappa shape index (κ2) is 7.68. The van der Waals surface area contributed by atoms with Crippen molar-refractivity contribution in [2.75, 3.05) is 13.2 Å². The molecule has 0 spiro atoms. The third-order valence-electron chi connectivity index (χ3n) is 3.03. The molecule has 19 heavy (non-hydrogen) atoms. The van der Waals surface area contributed by atoms with Gasteiger partial charge in [-0.1, -0.05) is 37.0 Å². The molecule has 0 aliphatic rings. The molecule has 0 saturated heterocycles. The lowest BCUT2D eigenvalue weighted by molar-refractivity contribution is 0.0622. The van der Waals surface area contributed by atoms with Crippen molar-refractivity contribution in [2.24, 2.45) is 0 Å². The summed E-state index contributed by atoms with van der Waals surface area (Å²) in [5.41, 5.74) is 0.311. The lowest BCUT2D eigenvalue weighted by Gasteiger charge is -2.30. The van der Waals surface area contributed by atoms with Crippen LogP contribution >= 0.6 is 23.2 Å². The van der Waals surface area contributed by atoms with Gasteiger partial charge in [-0.3, -0.25) is 4.79 Å². The third kappa shape index (κ3) is 4.06. The summed E-state index contributed by atoms with van der Waals surface area (Å²) in [7, 11) is 0. The van der Waals surface area contributed by atoms with E-state index in [1.54, 1.807) is 11.0 Å². The fourth-order valence-corrected chi connectivity index (χ4v) is 2.44. The molecule has 0 aliphatic heterocycles. The number of hydrogen-bond donors (Lipinski definition) is 1. The zero-order chi connectivity index (χ0) is 14.4. The Kier molecular flexibility index (Phi) is 6.55. The Labute approximate surface area is 123 Å². The van der Waals surface area contributed by atoms with Crippen LogP contribution in [-0.2, 0) is 0 Å². The number of rotatable bonds is 6. The summed E-state index contributed by atoms with van der Waals surface area (Å²) in [6.07, 6.45) is 1.64. The van der Waals surface area contributed by atoms with Crippen molar-refractivity contribution in [3.05, 3.63) is 28.0 Å². The first kappa shape index (κ1) is 16.2. The molecular formula is C13H18Cl2N2O2. The highest BCUT2D eigenvalue weighted by Gasteiger charge is 2.24. The van der Waals surface area contributed by atoms with Crippen LogP contribution in [0, 0.1) is 0 Å². The summed E-state index contributed by atoms with van der Waals surface area (Å²) in [6.45, 7) is 4.21. The van der Waals surface area contributed by atoms with Crippen LogP contribution in [0.4, 0.5) is 0 Å². The second-order valence-corrected chi connectivity index (χ2v) is 4.91. The third-order valence-corrected chi connectivity index (χ3v) is 3.53. The molecule has 106 valence electrons. The van der Waals surface area contributed by atoms with Crippen LogP contribution < -0.4 is 0 Å². The number of carbonyl (C=O) groups excluding carboxylic acids is 1. The van der Waals surface area contributed by atoms with Gasteiger partial charge in [-0.15, -0.1) is 0 Å². The number of amides is 1. The van der Waals surface area contributed by atoms with Crippen molar-refractivity contribution in [1.82, 2.24) is 9.88 Å². The summed E-state index contributed by atoms with van der Waals surface area (Å²) >= 11 is 11.7. The Morgan fingerprint density at radius 2 is 2.00 bits per heavy atom. The van der Waals surface area contributed by atoms with E-state index in [1.165, 1.54) is 6.07 Å². The van der Waals surface area contributed by atoms with Crippen molar-refractivity contribution in [1.29, 1.82) is 0 Å². The van der Waals surface area contributed by atoms with E-state index in [9.17, 15) is 4.79 Å². The molecule has 0 atom stereocenters. The minimum Gasteiger partial charge on any atom is -0.395 e. The smallest absolute Gasteiger partial charge is 0.257 e. The lowest BCUT2D eigenvalue weighted by Crippen LogP contribution is -2.41. The molecule has 0 unspecified atom stereocenters. The molecule has 1 rings (SSSR count). The number of hydrogen-bond acceptors (Lipinski definition) is 3. The molecule has 0 fully saturated rings. The van der Waals surface area contributed by atoms with Gasteiger partial charge in [-0.2, -0.15) is 0 Å². The van der Waals surface area contributed by atoms with E-state index in [4.69, 9.17) is 28.3 Å². The van der Waals surface area contributed by atoms with E-state index in [0.29, 0.717) is 5.56 Å². The first-order valence-electron chi connectivity index (χ1n) is 6.28. The van der Waals surface area contributed by atoms with E-state index >= 15 is 0 Å². The molecule has 6 heteroatoms. The highest BCUT2D eigenvalue weighted by atomic mass is 35.5. The van der Waals surface area contributed by atoms with Gasteiger partial charge in [-0.05, 0) is 25.0 Å². The molecule has 0 radical (unpaired) electrons. The standard InChI is InChI=1S/C13H18Cl2N2O2/c1-3-9(4-2)17(7-8-18)13(19)10-5-6-11(14)16-12(10)15/h5-6,9,18H,3-4,7-8H2,1-2H3. The highest BCUT2D eigenvalue weighted by Crippen LogP contribution is 2.20. The monoisotopic (exact) mass is 304 g/mol. The molecule has 0 bridgehead atoms. The van der Waals surface area contributed by atoms with E-state index in [1.807, 2.05) is 13.8 Å². The van der Waals surface area contributed by atoms with Gasteiger partial charge in [-0.25, -0.2) is 4.98 Å². The van der Waals surface area contributed by atoms with Crippen molar-refractivity contribution in [3.63, 3.8) is 0 Å². The normalized spacial score (nSPS) is 10.8. The quantitative estimate of drug-likeness (QED) is 0.822. The zero-order valence-electron chi connectivity index (χ0n) is 11.1. The SMILES string of the molecule is CCC(CC)N(CCO)C(=O)c1ccc(Cl)nc1Cl. The van der Waals surface area contributed by atoms with Gasteiger partial charge in [0.15, 0.2) is 0 Å². The summed E-state index contributed by atoms with van der Waals surface area (Å²) in [5, 5.41) is 9.46. The van der Waals surface area contributed by atoms with Crippen LogP contribution in [0.2, 0.25) is 10.3 Å². The molecule has 1 aromatic rings. The highest BCUT2D eigenvalue weighted by molar-refractivity contribution is 6.34. The van der Waals surface area contributed by atoms with Crippen molar-refractivity contribution in [2.45, 2.75) is 32.7 Å². The van der Waals surface area contributed by atoms with Gasteiger partial charge < -0.3 is 10.0 Å². The number of aliphatic hydroxyl groups is 1. The molecule has 0 aromatic carbocycles. The number of nitrogens with zero attached hydrogens (tertiary/aromatic N) is 2. The Morgan fingerprint density at radius 3 is 2.47 bits per heavy atom. The van der Waals surface area contributed by atoms with Gasteiger partial charge >= 0.3 is 0 Å². The summed E-state index contributed by atoms with van der Waals surface area (Å²) in [4.78, 5) is 18.0. The Morgan fingerprint density at radius 1 is 1.37 bits per heavy atom.